The van der Waals surface area contributed by atoms with Crippen LogP contribution in [0.4, 0.5) is 16.2 Å². The smallest absolute Gasteiger partial charge is 0.319 e. The highest BCUT2D eigenvalue weighted by molar-refractivity contribution is 7.99. The van der Waals surface area contributed by atoms with Gasteiger partial charge in [0.15, 0.2) is 0 Å². The van der Waals surface area contributed by atoms with Gasteiger partial charge in [-0.05, 0) is 46.8 Å². The molecule has 0 radical (unpaired) electrons. The molecule has 33 heavy (non-hydrogen) atoms. The van der Waals surface area contributed by atoms with Crippen molar-refractivity contribution >= 4 is 40.1 Å². The average molecular weight is 459 g/mol. The Labute approximate surface area is 197 Å². The number of hydrogen-bond acceptors (Lipinski definition) is 4. The number of carbonyl (C=O) groups is 1. The van der Waals surface area contributed by atoms with Crippen LogP contribution in [-0.2, 0) is 6.54 Å². The van der Waals surface area contributed by atoms with Gasteiger partial charge < -0.3 is 25.6 Å². The molecule has 2 amide bonds. The van der Waals surface area contributed by atoms with Crippen LogP contribution >= 0.6 is 11.8 Å². The lowest BCUT2D eigenvalue weighted by Gasteiger charge is -2.32. The van der Waals surface area contributed by atoms with Crippen molar-refractivity contribution in [1.29, 1.82) is 0 Å². The second-order valence-electron chi connectivity index (χ2n) is 8.10. The van der Waals surface area contributed by atoms with Gasteiger partial charge >= 0.3 is 6.03 Å². The number of carbonyl (C=O) groups excluding carboxylic acids is 1. The second kappa shape index (κ2) is 9.60. The second-order valence-corrected chi connectivity index (χ2v) is 9.23. The lowest BCUT2D eigenvalue weighted by atomic mass is 10.1. The Morgan fingerprint density at radius 1 is 1.09 bits per heavy atom. The van der Waals surface area contributed by atoms with E-state index in [1.54, 1.807) is 0 Å². The van der Waals surface area contributed by atoms with Gasteiger partial charge in [-0.25, -0.2) is 4.79 Å². The third-order valence-corrected chi connectivity index (χ3v) is 6.90. The maximum atomic E-state index is 12.7. The summed E-state index contributed by atoms with van der Waals surface area (Å²) < 4.78 is 0. The number of urea groups is 1. The highest BCUT2D eigenvalue weighted by Crippen LogP contribution is 2.37. The van der Waals surface area contributed by atoms with E-state index in [0.29, 0.717) is 5.69 Å². The van der Waals surface area contributed by atoms with Crippen LogP contribution in [0.25, 0.3) is 10.9 Å². The van der Waals surface area contributed by atoms with E-state index < -0.39 is 6.04 Å². The molecule has 0 saturated heterocycles. The van der Waals surface area contributed by atoms with Gasteiger partial charge in [0.05, 0.1) is 18.3 Å². The molecule has 0 fully saturated rings. The third kappa shape index (κ3) is 4.84. The number of nitrogens with zero attached hydrogens (tertiary/aromatic N) is 1. The lowest BCUT2D eigenvalue weighted by molar-refractivity contribution is 0.225. The molecule has 5 rings (SSSR count). The molecule has 1 aliphatic rings. The third-order valence-electron chi connectivity index (χ3n) is 5.86. The Balaban J connectivity index is 1.31. The summed E-state index contributed by atoms with van der Waals surface area (Å²) in [6.45, 7) is 1.60. The Kier molecular flexibility index (Phi) is 6.24. The highest BCUT2D eigenvalue weighted by atomic mass is 32.2. The summed E-state index contributed by atoms with van der Waals surface area (Å²) in [5, 5.41) is 16.9. The van der Waals surface area contributed by atoms with Gasteiger partial charge in [-0.3, -0.25) is 0 Å². The van der Waals surface area contributed by atoms with Crippen LogP contribution in [-0.4, -0.2) is 35.0 Å². The normalized spacial score (nSPS) is 14.0. The van der Waals surface area contributed by atoms with Gasteiger partial charge in [-0.2, -0.15) is 0 Å². The summed E-state index contributed by atoms with van der Waals surface area (Å²) in [5.74, 6) is 1.04. The molecule has 3 aromatic carbocycles. The first-order valence-electron chi connectivity index (χ1n) is 11.0. The highest BCUT2D eigenvalue weighted by Gasteiger charge is 2.21. The van der Waals surface area contributed by atoms with Crippen LogP contribution in [0, 0.1) is 0 Å². The number of nitrogens with one attached hydrogen (secondary N) is 3. The number of aliphatic hydroxyl groups is 1. The van der Waals surface area contributed by atoms with E-state index in [1.165, 1.54) is 10.5 Å². The van der Waals surface area contributed by atoms with E-state index in [-0.39, 0.29) is 12.6 Å². The topological polar surface area (TPSA) is 80.4 Å². The van der Waals surface area contributed by atoms with Crippen LogP contribution in [0.2, 0.25) is 0 Å². The monoisotopic (exact) mass is 458 g/mol. The first kappa shape index (κ1) is 21.4. The number of aromatic amines is 1. The van der Waals surface area contributed by atoms with E-state index in [9.17, 15) is 9.90 Å². The predicted octanol–water partition coefficient (Wildman–Crippen LogP) is 5.14. The minimum absolute atomic E-state index is 0.187. The Hall–Kier alpha value is -3.42. The summed E-state index contributed by atoms with van der Waals surface area (Å²) in [5.41, 5.74) is 4.93. The lowest BCUT2D eigenvalue weighted by Crippen LogP contribution is -2.35. The first-order chi connectivity index (χ1) is 16.2. The largest absolute Gasteiger partial charge is 0.394 e. The molecule has 2 heterocycles. The van der Waals surface area contributed by atoms with Gasteiger partial charge in [-0.1, -0.05) is 42.5 Å². The Morgan fingerprint density at radius 2 is 1.97 bits per heavy atom. The van der Waals surface area contributed by atoms with E-state index in [1.807, 2.05) is 54.4 Å². The summed E-state index contributed by atoms with van der Waals surface area (Å²) in [7, 11) is 0. The van der Waals surface area contributed by atoms with Crippen LogP contribution < -0.4 is 15.5 Å². The first-order valence-corrected chi connectivity index (χ1v) is 12.0. The summed E-state index contributed by atoms with van der Waals surface area (Å²) >= 11 is 1.84. The van der Waals surface area contributed by atoms with Gasteiger partial charge in [0, 0.05) is 41.1 Å². The van der Waals surface area contributed by atoms with E-state index in [4.69, 9.17) is 0 Å². The number of aromatic nitrogens is 1. The molecule has 0 spiro atoms. The maximum absolute atomic E-state index is 12.7. The molecular formula is C26H26N4O2S. The number of thioether (sulfide) groups is 1. The number of rotatable bonds is 6. The molecule has 0 saturated carbocycles. The Morgan fingerprint density at radius 3 is 2.82 bits per heavy atom. The fourth-order valence-electron chi connectivity index (χ4n) is 4.16. The standard InChI is InChI=1S/C26H26N4O2S/c31-17-23(29-26(32)28-21-8-6-19-10-11-27-22(19)15-21)20-7-9-25-24(14-20)30(12-13-33-25)16-18-4-2-1-3-5-18/h1-11,14-15,23,27,31H,12-13,16-17H2,(H2,28,29,32). The summed E-state index contributed by atoms with van der Waals surface area (Å²) in [6.07, 6.45) is 1.87. The number of H-pyrrole nitrogens is 1. The zero-order valence-corrected chi connectivity index (χ0v) is 18.9. The predicted molar refractivity (Wildman–Crippen MR) is 135 cm³/mol. The van der Waals surface area contributed by atoms with Crippen LogP contribution in [0.1, 0.15) is 17.2 Å². The summed E-state index contributed by atoms with van der Waals surface area (Å²) in [4.78, 5) is 19.4. The van der Waals surface area contributed by atoms with Gasteiger partial charge in [-0.15, -0.1) is 11.8 Å². The number of aliphatic hydroxyl groups excluding tert-OH is 1. The van der Waals surface area contributed by atoms with E-state index >= 15 is 0 Å². The van der Waals surface area contributed by atoms with Crippen LogP contribution in [0.3, 0.4) is 0 Å². The molecule has 4 N–H and O–H groups in total. The molecule has 1 aromatic heterocycles. The van der Waals surface area contributed by atoms with E-state index in [2.05, 4.69) is 56.9 Å². The molecule has 168 valence electrons. The number of fused-ring (bicyclic) bond motifs is 2. The van der Waals surface area contributed by atoms with Crippen molar-refractivity contribution in [2.75, 3.05) is 29.1 Å². The molecule has 0 bridgehead atoms. The zero-order valence-electron chi connectivity index (χ0n) is 18.1. The SMILES string of the molecule is O=C(Nc1ccc2cc[nH]c2c1)NC(CO)c1ccc2c(c1)N(Cc1ccccc1)CCS2. The number of anilines is 2. The van der Waals surface area contributed by atoms with Crippen LogP contribution in [0.5, 0.6) is 0 Å². The Bertz CT molecular complexity index is 1260. The number of benzene rings is 3. The fraction of sp³-hybridized carbons (Fsp3) is 0.192. The van der Waals surface area contributed by atoms with Crippen molar-refractivity contribution in [3.8, 4) is 0 Å². The molecule has 1 atom stereocenters. The minimum Gasteiger partial charge on any atom is -0.394 e. The molecule has 6 nitrogen and oxygen atoms in total. The quantitative estimate of drug-likeness (QED) is 0.323. The maximum Gasteiger partial charge on any atom is 0.319 e. The van der Waals surface area contributed by atoms with Crippen molar-refractivity contribution in [2.24, 2.45) is 0 Å². The van der Waals surface area contributed by atoms with Gasteiger partial charge in [0.25, 0.3) is 0 Å². The minimum atomic E-state index is -0.505. The average Bonchev–Trinajstić information content (AvgIpc) is 3.31. The van der Waals surface area contributed by atoms with Crippen molar-refractivity contribution in [1.82, 2.24) is 10.3 Å². The molecule has 4 aromatic rings. The van der Waals surface area contributed by atoms with Crippen LogP contribution in [0.15, 0.2) is 83.9 Å². The van der Waals surface area contributed by atoms with E-state index in [0.717, 1.165) is 41.0 Å². The number of hydrogen-bond donors (Lipinski definition) is 4. The number of amides is 2. The van der Waals surface area contributed by atoms with Gasteiger partial charge in [0.1, 0.15) is 0 Å². The van der Waals surface area contributed by atoms with Crippen molar-refractivity contribution < 1.29 is 9.90 Å². The zero-order chi connectivity index (χ0) is 22.6. The van der Waals surface area contributed by atoms with Crippen molar-refractivity contribution in [2.45, 2.75) is 17.5 Å². The molecule has 7 heteroatoms. The molecule has 1 unspecified atom stereocenters. The summed E-state index contributed by atoms with van der Waals surface area (Å²) in [6, 6.07) is 23.4. The van der Waals surface area contributed by atoms with Crippen molar-refractivity contribution in [3.63, 3.8) is 0 Å². The molecule has 1 aliphatic heterocycles. The fourth-order valence-corrected chi connectivity index (χ4v) is 5.19. The molecule has 0 aliphatic carbocycles. The van der Waals surface area contributed by atoms with Gasteiger partial charge in [0.2, 0.25) is 0 Å². The van der Waals surface area contributed by atoms with Crippen molar-refractivity contribution in [3.05, 3.63) is 90.1 Å². The molecular weight excluding hydrogens is 432 g/mol.